The maximum atomic E-state index is 4.66. The first-order valence-corrected chi connectivity index (χ1v) is 18.8. The molecule has 0 aromatic heterocycles. The van der Waals surface area contributed by atoms with E-state index in [0.717, 1.165) is 24.0 Å². The van der Waals surface area contributed by atoms with Crippen LogP contribution >= 0.6 is 0 Å². The molecule has 0 unspecified atom stereocenters. The van der Waals surface area contributed by atoms with Gasteiger partial charge in [-0.2, -0.15) is 0 Å². The molecule has 0 fully saturated rings. The number of fused-ring (bicyclic) bond motifs is 8. The molecule has 10 rings (SSSR count). The fourth-order valence-corrected chi connectivity index (χ4v) is 9.15. The summed E-state index contributed by atoms with van der Waals surface area (Å²) in [6, 6.07) is 53.9. The second kappa shape index (κ2) is 12.2. The largest absolute Gasteiger partial charge is 0.0912 e. The smallest absolute Gasteiger partial charge is 0.0165 e. The lowest BCUT2D eigenvalue weighted by molar-refractivity contribution is 0.666. The molecule has 0 spiro atoms. The summed E-state index contributed by atoms with van der Waals surface area (Å²) in [5.74, 6) is 0. The molecular weight excluding hydrogens is 637 g/mol. The third-order valence-electron chi connectivity index (χ3n) is 11.8. The van der Waals surface area contributed by atoms with Crippen LogP contribution in [0.25, 0.3) is 83.4 Å². The van der Waals surface area contributed by atoms with Gasteiger partial charge in [0.1, 0.15) is 0 Å². The number of hydrogen-bond donors (Lipinski definition) is 0. The summed E-state index contributed by atoms with van der Waals surface area (Å²) in [5.41, 5.74) is 16.6. The Kier molecular flexibility index (Phi) is 7.24. The first-order valence-electron chi connectivity index (χ1n) is 18.8. The lowest BCUT2D eigenvalue weighted by Gasteiger charge is -2.24. The zero-order valence-electron chi connectivity index (χ0n) is 30.3. The maximum absolute atomic E-state index is 4.66. The van der Waals surface area contributed by atoms with Crippen LogP contribution in [0.1, 0.15) is 53.6 Å². The van der Waals surface area contributed by atoms with Crippen molar-refractivity contribution < 1.29 is 0 Å². The monoisotopic (exact) mass is 676 g/mol. The highest BCUT2D eigenvalue weighted by atomic mass is 14.4. The minimum atomic E-state index is -0.117. The lowest BCUT2D eigenvalue weighted by atomic mass is 9.79. The van der Waals surface area contributed by atoms with Crippen molar-refractivity contribution >= 4 is 50.0 Å². The Hall–Kier alpha value is -6.24. The molecular formula is C53H40. The van der Waals surface area contributed by atoms with Crippen LogP contribution in [0.3, 0.4) is 0 Å². The second-order valence-electron chi connectivity index (χ2n) is 15.3. The van der Waals surface area contributed by atoms with Gasteiger partial charge in [0, 0.05) is 5.41 Å². The van der Waals surface area contributed by atoms with Gasteiger partial charge < -0.3 is 0 Å². The Morgan fingerprint density at radius 3 is 2.02 bits per heavy atom. The summed E-state index contributed by atoms with van der Waals surface area (Å²) in [6.45, 7) is 9.40. The maximum Gasteiger partial charge on any atom is 0.0165 e. The van der Waals surface area contributed by atoms with Crippen molar-refractivity contribution in [2.24, 2.45) is 0 Å². The third-order valence-corrected chi connectivity index (χ3v) is 11.8. The number of hydrogen-bond acceptors (Lipinski definition) is 0. The Bertz CT molecular complexity index is 2870. The number of rotatable bonds is 5. The van der Waals surface area contributed by atoms with Crippen molar-refractivity contribution in [3.63, 3.8) is 0 Å². The number of allylic oxidation sites excluding steroid dienone is 3. The lowest BCUT2D eigenvalue weighted by Crippen LogP contribution is -2.15. The van der Waals surface area contributed by atoms with E-state index < -0.39 is 0 Å². The Balaban J connectivity index is 1.11. The van der Waals surface area contributed by atoms with E-state index >= 15 is 0 Å². The predicted molar refractivity (Wildman–Crippen MR) is 229 cm³/mol. The standard InChI is InChI=1S/C53H40/c1-34(38-27-28-46-48-29-26-37-14-8-9-17-44(37)52(48)53(2,3)50(46)33-38)20-21-43-32-49(41-24-22-35-12-4-6-15-39(35)30-41)45-18-10-11-19-47(45)51(43)42-25-23-36-13-5-7-16-40(36)31-42/h4-9,11-17,19-33H,1,10,18H2,2-3H3. The van der Waals surface area contributed by atoms with E-state index in [2.05, 4.69) is 190 Å². The molecule has 8 aromatic carbocycles. The van der Waals surface area contributed by atoms with Gasteiger partial charge in [0.25, 0.3) is 0 Å². The Morgan fingerprint density at radius 1 is 0.604 bits per heavy atom. The predicted octanol–water partition coefficient (Wildman–Crippen LogP) is 14.5. The molecule has 0 nitrogen and oxygen atoms in total. The molecule has 0 saturated heterocycles. The van der Waals surface area contributed by atoms with Crippen LogP contribution in [-0.4, -0.2) is 0 Å². The van der Waals surface area contributed by atoms with Crippen molar-refractivity contribution in [3.8, 4) is 33.4 Å². The van der Waals surface area contributed by atoms with Gasteiger partial charge in [0.15, 0.2) is 0 Å². The van der Waals surface area contributed by atoms with Gasteiger partial charge >= 0.3 is 0 Å². The molecule has 0 saturated carbocycles. The summed E-state index contributed by atoms with van der Waals surface area (Å²) in [5, 5.41) is 7.69. The van der Waals surface area contributed by atoms with Crippen LogP contribution in [0.5, 0.6) is 0 Å². The van der Waals surface area contributed by atoms with Crippen molar-refractivity contribution in [3.05, 3.63) is 198 Å². The molecule has 0 amide bonds. The van der Waals surface area contributed by atoms with Gasteiger partial charge in [-0.3, -0.25) is 0 Å². The normalized spacial score (nSPS) is 14.2. The molecule has 0 N–H and O–H groups in total. The zero-order valence-corrected chi connectivity index (χ0v) is 30.3. The van der Waals surface area contributed by atoms with Crippen molar-refractivity contribution in [2.45, 2.75) is 32.1 Å². The van der Waals surface area contributed by atoms with Crippen LogP contribution in [0.2, 0.25) is 0 Å². The van der Waals surface area contributed by atoms with Crippen LogP contribution in [0, 0.1) is 0 Å². The molecule has 0 radical (unpaired) electrons. The van der Waals surface area contributed by atoms with E-state index in [0.29, 0.717) is 0 Å². The van der Waals surface area contributed by atoms with Gasteiger partial charge in [-0.15, -0.1) is 0 Å². The molecule has 0 aliphatic heterocycles. The summed E-state index contributed by atoms with van der Waals surface area (Å²) in [4.78, 5) is 0. The van der Waals surface area contributed by atoms with Gasteiger partial charge in [-0.25, -0.2) is 0 Å². The van der Waals surface area contributed by atoms with E-state index in [4.69, 9.17) is 0 Å². The van der Waals surface area contributed by atoms with Crippen LogP contribution in [0.4, 0.5) is 0 Å². The second-order valence-corrected chi connectivity index (χ2v) is 15.3. The van der Waals surface area contributed by atoms with E-state index in [1.54, 1.807) is 0 Å². The van der Waals surface area contributed by atoms with E-state index in [1.165, 1.54) is 93.5 Å². The molecule has 2 aliphatic carbocycles. The molecule has 252 valence electrons. The van der Waals surface area contributed by atoms with Crippen LogP contribution < -0.4 is 0 Å². The van der Waals surface area contributed by atoms with E-state index in [-0.39, 0.29) is 5.41 Å². The SMILES string of the molecule is C=C(C=Cc1cc(-c2ccc3ccccc3c2)c2c(c1-c1ccc3ccccc3c1)C=CCC2)c1ccc2c(c1)C(C)(C)c1c-2ccc2ccccc12. The molecule has 0 bridgehead atoms. The fraction of sp³-hybridized carbons (Fsp3) is 0.0943. The molecule has 0 atom stereocenters. The quantitative estimate of drug-likeness (QED) is 0.159. The van der Waals surface area contributed by atoms with Gasteiger partial charge in [0.2, 0.25) is 0 Å². The fourth-order valence-electron chi connectivity index (χ4n) is 9.15. The minimum absolute atomic E-state index is 0.117. The summed E-state index contributed by atoms with van der Waals surface area (Å²) in [6.07, 6.45) is 11.3. The highest BCUT2D eigenvalue weighted by Crippen LogP contribution is 2.52. The summed E-state index contributed by atoms with van der Waals surface area (Å²) >= 11 is 0. The zero-order chi connectivity index (χ0) is 35.7. The topological polar surface area (TPSA) is 0 Å². The number of benzene rings is 8. The first-order chi connectivity index (χ1) is 25.9. The first kappa shape index (κ1) is 31.5. The average molecular weight is 677 g/mol. The van der Waals surface area contributed by atoms with E-state index in [1.807, 2.05) is 0 Å². The van der Waals surface area contributed by atoms with Crippen LogP contribution in [-0.2, 0) is 11.8 Å². The minimum Gasteiger partial charge on any atom is -0.0912 e. The van der Waals surface area contributed by atoms with Gasteiger partial charge in [0.05, 0.1) is 0 Å². The highest BCUT2D eigenvalue weighted by Gasteiger charge is 2.37. The Morgan fingerprint density at radius 2 is 1.25 bits per heavy atom. The Labute approximate surface area is 312 Å². The summed E-state index contributed by atoms with van der Waals surface area (Å²) in [7, 11) is 0. The molecule has 8 aromatic rings. The molecule has 0 heterocycles. The highest BCUT2D eigenvalue weighted by molar-refractivity contribution is 5.99. The third kappa shape index (κ3) is 5.12. The van der Waals surface area contributed by atoms with Gasteiger partial charge in [-0.1, -0.05) is 166 Å². The molecule has 2 aliphatic rings. The van der Waals surface area contributed by atoms with Crippen LogP contribution in [0.15, 0.2) is 164 Å². The van der Waals surface area contributed by atoms with Crippen molar-refractivity contribution in [1.82, 2.24) is 0 Å². The molecule has 0 heteroatoms. The van der Waals surface area contributed by atoms with Crippen molar-refractivity contribution in [2.75, 3.05) is 0 Å². The van der Waals surface area contributed by atoms with E-state index in [9.17, 15) is 0 Å². The summed E-state index contributed by atoms with van der Waals surface area (Å²) < 4.78 is 0. The van der Waals surface area contributed by atoms with Crippen molar-refractivity contribution in [1.29, 1.82) is 0 Å². The average Bonchev–Trinajstić information content (AvgIpc) is 3.44. The molecule has 53 heavy (non-hydrogen) atoms. The van der Waals surface area contributed by atoms with Gasteiger partial charge in [-0.05, 0) is 142 Å².